The van der Waals surface area contributed by atoms with E-state index >= 15 is 0 Å². The molecule has 5 nitrogen and oxygen atoms in total. The molecular formula is C12H13N3O2. The third-order valence-corrected chi connectivity index (χ3v) is 2.40. The summed E-state index contributed by atoms with van der Waals surface area (Å²) in [5, 5.41) is 4.18. The van der Waals surface area contributed by atoms with Gasteiger partial charge in [0.1, 0.15) is 0 Å². The summed E-state index contributed by atoms with van der Waals surface area (Å²) in [6.45, 7) is 1.86. The third kappa shape index (κ3) is 2.13. The van der Waals surface area contributed by atoms with Gasteiger partial charge < -0.3 is 10.5 Å². The highest BCUT2D eigenvalue weighted by molar-refractivity contribution is 5.87. The zero-order valence-corrected chi connectivity index (χ0v) is 9.68. The van der Waals surface area contributed by atoms with Gasteiger partial charge in [0.05, 0.1) is 12.8 Å². The van der Waals surface area contributed by atoms with Gasteiger partial charge in [-0.05, 0) is 31.2 Å². The van der Waals surface area contributed by atoms with Gasteiger partial charge in [-0.1, -0.05) is 6.07 Å². The maximum atomic E-state index is 11.4. The van der Waals surface area contributed by atoms with E-state index in [1.54, 1.807) is 22.9 Å². The van der Waals surface area contributed by atoms with Crippen LogP contribution in [0.1, 0.15) is 16.2 Å². The van der Waals surface area contributed by atoms with E-state index in [1.807, 2.05) is 19.1 Å². The average molecular weight is 231 g/mol. The van der Waals surface area contributed by atoms with E-state index in [0.29, 0.717) is 5.69 Å². The Morgan fingerprint density at radius 2 is 2.18 bits per heavy atom. The number of carbonyl (C=O) groups excluding carboxylic acids is 1. The van der Waals surface area contributed by atoms with Gasteiger partial charge in [-0.15, -0.1) is 0 Å². The van der Waals surface area contributed by atoms with Crippen LogP contribution in [0.5, 0.6) is 0 Å². The van der Waals surface area contributed by atoms with Gasteiger partial charge in [0, 0.05) is 11.4 Å². The van der Waals surface area contributed by atoms with Crippen molar-refractivity contribution in [3.8, 4) is 5.69 Å². The molecule has 0 saturated heterocycles. The Hall–Kier alpha value is -2.30. The van der Waals surface area contributed by atoms with E-state index in [9.17, 15) is 4.79 Å². The number of aryl methyl sites for hydroxylation is 1. The van der Waals surface area contributed by atoms with E-state index in [-0.39, 0.29) is 5.69 Å². The van der Waals surface area contributed by atoms with E-state index in [0.717, 1.165) is 11.4 Å². The fraction of sp³-hybridized carbons (Fsp3) is 0.167. The van der Waals surface area contributed by atoms with Crippen molar-refractivity contribution in [1.29, 1.82) is 0 Å². The van der Waals surface area contributed by atoms with Gasteiger partial charge in [0.2, 0.25) is 0 Å². The highest BCUT2D eigenvalue weighted by atomic mass is 16.5. The number of esters is 1. The van der Waals surface area contributed by atoms with Crippen molar-refractivity contribution < 1.29 is 9.53 Å². The number of ether oxygens (including phenoxy) is 1. The number of nitrogens with zero attached hydrogens (tertiary/aromatic N) is 2. The van der Waals surface area contributed by atoms with Crippen molar-refractivity contribution >= 4 is 11.7 Å². The topological polar surface area (TPSA) is 70.1 Å². The highest BCUT2D eigenvalue weighted by Crippen LogP contribution is 2.15. The van der Waals surface area contributed by atoms with Gasteiger partial charge >= 0.3 is 5.97 Å². The van der Waals surface area contributed by atoms with Crippen LogP contribution in [0.3, 0.4) is 0 Å². The lowest BCUT2D eigenvalue weighted by atomic mass is 10.3. The van der Waals surface area contributed by atoms with Crippen LogP contribution in [-0.4, -0.2) is 22.9 Å². The number of methoxy groups -OCH3 is 1. The summed E-state index contributed by atoms with van der Waals surface area (Å²) in [5.41, 5.74) is 8.30. The lowest BCUT2D eigenvalue weighted by molar-refractivity contribution is 0.0593. The molecule has 0 radical (unpaired) electrons. The predicted octanol–water partition coefficient (Wildman–Crippen LogP) is 1.55. The molecule has 0 aliphatic rings. The molecule has 2 rings (SSSR count). The second kappa shape index (κ2) is 4.29. The molecular weight excluding hydrogens is 218 g/mol. The maximum absolute atomic E-state index is 11.4. The zero-order chi connectivity index (χ0) is 12.4. The van der Waals surface area contributed by atoms with Crippen LogP contribution in [0, 0.1) is 6.92 Å². The van der Waals surface area contributed by atoms with E-state index in [4.69, 9.17) is 5.73 Å². The molecule has 2 aromatic rings. The zero-order valence-electron chi connectivity index (χ0n) is 9.68. The predicted molar refractivity (Wildman–Crippen MR) is 64.1 cm³/mol. The largest absolute Gasteiger partial charge is 0.464 e. The second-order valence-electron chi connectivity index (χ2n) is 3.67. The molecule has 0 unspecified atom stereocenters. The van der Waals surface area contributed by atoms with Crippen LogP contribution < -0.4 is 5.73 Å². The normalized spacial score (nSPS) is 10.2. The first-order valence-electron chi connectivity index (χ1n) is 5.12. The minimum Gasteiger partial charge on any atom is -0.464 e. The van der Waals surface area contributed by atoms with Crippen LogP contribution in [0.25, 0.3) is 5.69 Å². The SMILES string of the molecule is COC(=O)c1cc(C)n(-c2cccc(N)c2)n1. The number of benzene rings is 1. The number of aromatic nitrogens is 2. The van der Waals surface area contributed by atoms with E-state index in [2.05, 4.69) is 9.84 Å². The Bertz CT molecular complexity index is 561. The number of nitrogens with two attached hydrogens (primary N) is 1. The summed E-state index contributed by atoms with van der Waals surface area (Å²) >= 11 is 0. The molecule has 0 aliphatic carbocycles. The summed E-state index contributed by atoms with van der Waals surface area (Å²) in [5.74, 6) is -0.448. The van der Waals surface area contributed by atoms with Crippen molar-refractivity contribution in [2.45, 2.75) is 6.92 Å². The van der Waals surface area contributed by atoms with E-state index < -0.39 is 5.97 Å². The first kappa shape index (κ1) is 11.2. The Labute approximate surface area is 98.8 Å². The Balaban J connectivity index is 2.46. The monoisotopic (exact) mass is 231 g/mol. The number of carbonyl (C=O) groups is 1. The molecule has 0 atom stereocenters. The van der Waals surface area contributed by atoms with Gasteiger partial charge in [-0.3, -0.25) is 0 Å². The van der Waals surface area contributed by atoms with Crippen LogP contribution >= 0.6 is 0 Å². The molecule has 88 valence electrons. The fourth-order valence-electron chi connectivity index (χ4n) is 1.60. The Kier molecular flexibility index (Phi) is 2.82. The molecule has 1 heterocycles. The Morgan fingerprint density at radius 1 is 1.41 bits per heavy atom. The number of hydrogen-bond acceptors (Lipinski definition) is 4. The smallest absolute Gasteiger partial charge is 0.358 e. The Morgan fingerprint density at radius 3 is 2.82 bits per heavy atom. The van der Waals surface area contributed by atoms with Gasteiger partial charge in [0.25, 0.3) is 0 Å². The number of hydrogen-bond donors (Lipinski definition) is 1. The fourth-order valence-corrected chi connectivity index (χ4v) is 1.60. The molecule has 0 amide bonds. The van der Waals surface area contributed by atoms with Crippen LogP contribution in [-0.2, 0) is 4.74 Å². The van der Waals surface area contributed by atoms with Crippen molar-refractivity contribution in [1.82, 2.24) is 9.78 Å². The first-order valence-corrected chi connectivity index (χ1v) is 5.12. The summed E-state index contributed by atoms with van der Waals surface area (Å²) in [4.78, 5) is 11.4. The average Bonchev–Trinajstić information content (AvgIpc) is 2.70. The minimum absolute atomic E-state index is 0.285. The summed E-state index contributed by atoms with van der Waals surface area (Å²) in [7, 11) is 1.33. The maximum Gasteiger partial charge on any atom is 0.358 e. The standard InChI is InChI=1S/C12H13N3O2/c1-8-6-11(12(16)17-2)14-15(8)10-5-3-4-9(13)7-10/h3-7H,13H2,1-2H3. The molecule has 0 fully saturated rings. The molecule has 0 bridgehead atoms. The summed E-state index contributed by atoms with van der Waals surface area (Å²) in [6, 6.07) is 8.97. The summed E-state index contributed by atoms with van der Waals surface area (Å²) in [6.07, 6.45) is 0. The van der Waals surface area contributed by atoms with Crippen molar-refractivity contribution in [2.24, 2.45) is 0 Å². The highest BCUT2D eigenvalue weighted by Gasteiger charge is 2.13. The van der Waals surface area contributed by atoms with Gasteiger partial charge in [0.15, 0.2) is 5.69 Å². The molecule has 0 spiro atoms. The quantitative estimate of drug-likeness (QED) is 0.628. The van der Waals surface area contributed by atoms with Crippen LogP contribution in [0.2, 0.25) is 0 Å². The minimum atomic E-state index is -0.448. The molecule has 5 heteroatoms. The molecule has 0 saturated carbocycles. The molecule has 2 N–H and O–H groups in total. The number of nitrogen functional groups attached to an aromatic ring is 1. The first-order chi connectivity index (χ1) is 8.11. The van der Waals surface area contributed by atoms with Crippen molar-refractivity contribution in [2.75, 3.05) is 12.8 Å². The van der Waals surface area contributed by atoms with Gasteiger partial charge in [-0.2, -0.15) is 5.10 Å². The molecule has 1 aromatic carbocycles. The van der Waals surface area contributed by atoms with Crippen LogP contribution in [0.15, 0.2) is 30.3 Å². The summed E-state index contributed by atoms with van der Waals surface area (Å²) < 4.78 is 6.28. The third-order valence-electron chi connectivity index (χ3n) is 2.40. The van der Waals surface area contributed by atoms with Crippen molar-refractivity contribution in [3.63, 3.8) is 0 Å². The molecule has 17 heavy (non-hydrogen) atoms. The lowest BCUT2D eigenvalue weighted by Crippen LogP contribution is -2.04. The van der Waals surface area contributed by atoms with Gasteiger partial charge in [-0.25, -0.2) is 9.48 Å². The number of anilines is 1. The molecule has 1 aromatic heterocycles. The van der Waals surface area contributed by atoms with Crippen LogP contribution in [0.4, 0.5) is 5.69 Å². The molecule has 0 aliphatic heterocycles. The second-order valence-corrected chi connectivity index (χ2v) is 3.67. The number of rotatable bonds is 2. The van der Waals surface area contributed by atoms with Crippen molar-refractivity contribution in [3.05, 3.63) is 41.7 Å². The van der Waals surface area contributed by atoms with E-state index in [1.165, 1.54) is 7.11 Å². The lowest BCUT2D eigenvalue weighted by Gasteiger charge is -2.04.